The zero-order valence-electron chi connectivity index (χ0n) is 8.70. The van der Waals surface area contributed by atoms with Gasteiger partial charge in [-0.05, 0) is 6.07 Å². The fourth-order valence-corrected chi connectivity index (χ4v) is 1.98. The zero-order chi connectivity index (χ0) is 12.6. The van der Waals surface area contributed by atoms with Crippen LogP contribution in [0.3, 0.4) is 0 Å². The minimum absolute atomic E-state index is 0.0638. The number of nitrogens with two attached hydrogens (primary N) is 1. The van der Waals surface area contributed by atoms with Gasteiger partial charge in [0.2, 0.25) is 0 Å². The summed E-state index contributed by atoms with van der Waals surface area (Å²) in [5.41, 5.74) is 0.102. The summed E-state index contributed by atoms with van der Waals surface area (Å²) in [6.07, 6.45) is 2.37. The van der Waals surface area contributed by atoms with E-state index in [1.165, 1.54) is 19.3 Å². The Bertz CT molecular complexity index is 666. The van der Waals surface area contributed by atoms with Gasteiger partial charge in [-0.1, -0.05) is 0 Å². The minimum Gasteiger partial charge on any atom is -0.300 e. The molecule has 9 heteroatoms. The van der Waals surface area contributed by atoms with E-state index in [2.05, 4.69) is 15.2 Å². The van der Waals surface area contributed by atoms with E-state index in [1.807, 2.05) is 0 Å². The van der Waals surface area contributed by atoms with E-state index in [1.54, 1.807) is 0 Å². The standard InChI is InChI=1S/C8H8FN5O2S/c1-14-7(5-2-3-11-4-6(5)9)12-13-8(14)17(10,15)16/h2-4H,1H3,(H2,10,15,16). The summed E-state index contributed by atoms with van der Waals surface area (Å²) in [5, 5.41) is 11.5. The topological polar surface area (TPSA) is 104 Å². The maximum absolute atomic E-state index is 13.4. The van der Waals surface area contributed by atoms with Crippen molar-refractivity contribution in [2.75, 3.05) is 0 Å². The molecule has 2 heterocycles. The molecule has 0 aliphatic heterocycles. The molecule has 0 aliphatic rings. The van der Waals surface area contributed by atoms with E-state index >= 15 is 0 Å². The number of aromatic nitrogens is 4. The molecule has 2 aromatic rings. The van der Waals surface area contributed by atoms with Gasteiger partial charge in [-0.2, -0.15) is 0 Å². The van der Waals surface area contributed by atoms with Gasteiger partial charge in [-0.3, -0.25) is 9.55 Å². The molecule has 0 bridgehead atoms. The van der Waals surface area contributed by atoms with Crippen LogP contribution in [0.15, 0.2) is 23.6 Å². The third kappa shape index (κ3) is 2.01. The van der Waals surface area contributed by atoms with Crippen LogP contribution in [0.25, 0.3) is 11.4 Å². The quantitative estimate of drug-likeness (QED) is 0.792. The molecule has 7 nitrogen and oxygen atoms in total. The molecule has 2 aromatic heterocycles. The number of sulfonamides is 1. The van der Waals surface area contributed by atoms with Gasteiger partial charge >= 0.3 is 0 Å². The number of rotatable bonds is 2. The molecule has 2 N–H and O–H groups in total. The second-order valence-electron chi connectivity index (χ2n) is 3.27. The summed E-state index contributed by atoms with van der Waals surface area (Å²) in [5.74, 6) is -0.558. The predicted octanol–water partition coefficient (Wildman–Crippen LogP) is -0.336. The van der Waals surface area contributed by atoms with Crippen molar-refractivity contribution < 1.29 is 12.8 Å². The highest BCUT2D eigenvalue weighted by atomic mass is 32.2. The van der Waals surface area contributed by atoms with Crippen LogP contribution in [0.2, 0.25) is 0 Å². The molecular formula is C8H8FN5O2S. The molecule has 0 aliphatic carbocycles. The van der Waals surface area contributed by atoms with Crippen molar-refractivity contribution in [3.8, 4) is 11.4 Å². The summed E-state index contributed by atoms with van der Waals surface area (Å²) in [7, 11) is -2.60. The molecule has 0 spiro atoms. The van der Waals surface area contributed by atoms with Crippen LogP contribution < -0.4 is 5.14 Å². The van der Waals surface area contributed by atoms with E-state index in [0.717, 1.165) is 10.8 Å². The number of halogens is 1. The van der Waals surface area contributed by atoms with Crippen molar-refractivity contribution in [3.05, 3.63) is 24.3 Å². The third-order valence-electron chi connectivity index (χ3n) is 2.10. The highest BCUT2D eigenvalue weighted by molar-refractivity contribution is 7.89. The van der Waals surface area contributed by atoms with Crippen LogP contribution in [-0.4, -0.2) is 28.2 Å². The van der Waals surface area contributed by atoms with Gasteiger partial charge < -0.3 is 0 Å². The third-order valence-corrected chi connectivity index (χ3v) is 2.97. The molecule has 0 amide bonds. The van der Waals surface area contributed by atoms with E-state index in [0.29, 0.717) is 0 Å². The second kappa shape index (κ2) is 3.86. The fourth-order valence-electron chi connectivity index (χ4n) is 1.35. The molecule has 0 saturated heterocycles. The maximum Gasteiger partial charge on any atom is 0.273 e. The first kappa shape index (κ1) is 11.6. The Kier molecular flexibility index (Phi) is 2.63. The van der Waals surface area contributed by atoms with Crippen LogP contribution in [-0.2, 0) is 17.1 Å². The van der Waals surface area contributed by atoms with Crippen molar-refractivity contribution >= 4 is 10.0 Å². The highest BCUT2D eigenvalue weighted by Gasteiger charge is 2.20. The van der Waals surface area contributed by atoms with Gasteiger partial charge in [0.25, 0.3) is 15.2 Å². The van der Waals surface area contributed by atoms with Crippen LogP contribution in [0.1, 0.15) is 0 Å². The molecule has 0 atom stereocenters. The average Bonchev–Trinajstić information content (AvgIpc) is 2.60. The SMILES string of the molecule is Cn1c(-c2ccncc2F)nnc1S(N)(=O)=O. The number of pyridine rings is 1. The number of nitrogens with zero attached hydrogens (tertiary/aromatic N) is 4. The number of hydrogen-bond donors (Lipinski definition) is 1. The Hall–Kier alpha value is -1.87. The Morgan fingerprint density at radius 2 is 2.12 bits per heavy atom. The lowest BCUT2D eigenvalue weighted by Gasteiger charge is -2.02. The van der Waals surface area contributed by atoms with Gasteiger partial charge in [-0.25, -0.2) is 17.9 Å². The van der Waals surface area contributed by atoms with Crippen LogP contribution in [0, 0.1) is 5.82 Å². The molecule has 0 fully saturated rings. The molecule has 0 unspecified atom stereocenters. The van der Waals surface area contributed by atoms with Crippen LogP contribution in [0.4, 0.5) is 4.39 Å². The normalized spacial score (nSPS) is 11.7. The molecule has 90 valence electrons. The first-order valence-corrected chi connectivity index (χ1v) is 5.98. The van der Waals surface area contributed by atoms with Crippen molar-refractivity contribution in [1.82, 2.24) is 19.7 Å². The minimum atomic E-state index is -3.98. The molecule has 0 saturated carbocycles. The van der Waals surface area contributed by atoms with Crippen molar-refractivity contribution in [1.29, 1.82) is 0 Å². The molecular weight excluding hydrogens is 249 g/mol. The highest BCUT2D eigenvalue weighted by Crippen LogP contribution is 2.20. The van der Waals surface area contributed by atoms with Crippen LogP contribution in [0.5, 0.6) is 0 Å². The van der Waals surface area contributed by atoms with Crippen LogP contribution >= 0.6 is 0 Å². The van der Waals surface area contributed by atoms with E-state index < -0.39 is 21.0 Å². The summed E-state index contributed by atoms with van der Waals surface area (Å²) >= 11 is 0. The van der Waals surface area contributed by atoms with Crippen molar-refractivity contribution in [2.45, 2.75) is 5.16 Å². The lowest BCUT2D eigenvalue weighted by Crippen LogP contribution is -2.17. The van der Waals surface area contributed by atoms with Gasteiger partial charge in [0.15, 0.2) is 11.6 Å². The Morgan fingerprint density at radius 3 is 2.65 bits per heavy atom. The maximum atomic E-state index is 13.4. The Balaban J connectivity index is 2.64. The molecule has 0 radical (unpaired) electrons. The second-order valence-corrected chi connectivity index (χ2v) is 4.72. The monoisotopic (exact) mass is 257 g/mol. The van der Waals surface area contributed by atoms with Crippen molar-refractivity contribution in [2.24, 2.45) is 12.2 Å². The molecule has 2 rings (SSSR count). The molecule has 17 heavy (non-hydrogen) atoms. The summed E-state index contributed by atoms with van der Waals surface area (Å²) < 4.78 is 36.8. The average molecular weight is 257 g/mol. The first-order chi connectivity index (χ1) is 7.91. The zero-order valence-corrected chi connectivity index (χ0v) is 9.52. The lowest BCUT2D eigenvalue weighted by atomic mass is 10.2. The van der Waals surface area contributed by atoms with Gasteiger partial charge in [0.05, 0.1) is 11.8 Å². The van der Waals surface area contributed by atoms with E-state index in [4.69, 9.17) is 5.14 Å². The number of hydrogen-bond acceptors (Lipinski definition) is 5. The lowest BCUT2D eigenvalue weighted by molar-refractivity contribution is 0.579. The first-order valence-electron chi connectivity index (χ1n) is 4.43. The summed E-state index contributed by atoms with van der Waals surface area (Å²) in [6, 6.07) is 1.37. The predicted molar refractivity (Wildman–Crippen MR) is 55.6 cm³/mol. The van der Waals surface area contributed by atoms with Gasteiger partial charge in [0, 0.05) is 13.2 Å². The summed E-state index contributed by atoms with van der Waals surface area (Å²) in [6.45, 7) is 0. The van der Waals surface area contributed by atoms with E-state index in [-0.39, 0.29) is 11.4 Å². The smallest absolute Gasteiger partial charge is 0.273 e. The van der Waals surface area contributed by atoms with E-state index in [9.17, 15) is 12.8 Å². The van der Waals surface area contributed by atoms with Gasteiger partial charge in [0.1, 0.15) is 0 Å². The van der Waals surface area contributed by atoms with Gasteiger partial charge in [-0.15, -0.1) is 10.2 Å². The largest absolute Gasteiger partial charge is 0.300 e. The molecule has 0 aromatic carbocycles. The summed E-state index contributed by atoms with van der Waals surface area (Å²) in [4.78, 5) is 3.58. The van der Waals surface area contributed by atoms with Crippen molar-refractivity contribution in [3.63, 3.8) is 0 Å². The Labute approximate surface area is 96.2 Å². The number of primary sulfonamides is 1. The Morgan fingerprint density at radius 1 is 1.41 bits per heavy atom. The fraction of sp³-hybridized carbons (Fsp3) is 0.125.